The van der Waals surface area contributed by atoms with Crippen LogP contribution in [0.4, 0.5) is 4.39 Å². The number of hydrogen-bond donors (Lipinski definition) is 0. The summed E-state index contributed by atoms with van der Waals surface area (Å²) in [4.78, 5) is 17.0. The summed E-state index contributed by atoms with van der Waals surface area (Å²) in [6.45, 7) is 4.23. The normalized spacial score (nSPS) is 34.2. The van der Waals surface area contributed by atoms with E-state index in [1.54, 1.807) is 6.07 Å². The van der Waals surface area contributed by atoms with E-state index in [2.05, 4.69) is 19.0 Å². The van der Waals surface area contributed by atoms with Crippen LogP contribution in [0.15, 0.2) is 18.2 Å². The molecule has 1 spiro atoms. The van der Waals surface area contributed by atoms with Crippen molar-refractivity contribution in [1.82, 2.24) is 9.80 Å². The van der Waals surface area contributed by atoms with Crippen LogP contribution in [-0.4, -0.2) is 61.1 Å². The van der Waals surface area contributed by atoms with E-state index in [-0.39, 0.29) is 17.3 Å². The van der Waals surface area contributed by atoms with Gasteiger partial charge in [-0.1, -0.05) is 6.07 Å². The van der Waals surface area contributed by atoms with E-state index < -0.39 is 0 Å². The molecule has 3 aliphatic rings. The number of aryl methyl sites for hydroxylation is 1. The van der Waals surface area contributed by atoms with Crippen LogP contribution >= 0.6 is 0 Å². The van der Waals surface area contributed by atoms with Crippen LogP contribution in [-0.2, 0) is 4.74 Å². The SMILES string of the molecule is Cc1ccc(F)cc1C(=O)N1C[C@@H]2[C@H](CN(C)C)[C@H]3CC[C@]2(C1)O3. The molecule has 5 heteroatoms. The lowest BCUT2D eigenvalue weighted by Gasteiger charge is -2.30. The number of hydrogen-bond acceptors (Lipinski definition) is 3. The van der Waals surface area contributed by atoms with Gasteiger partial charge in [0.2, 0.25) is 0 Å². The fourth-order valence-electron chi connectivity index (χ4n) is 5.01. The number of nitrogens with zero attached hydrogens (tertiary/aromatic N) is 2. The number of carbonyl (C=O) groups is 1. The number of ether oxygens (including phenoxy) is 1. The summed E-state index contributed by atoms with van der Waals surface area (Å²) in [5, 5.41) is 0. The van der Waals surface area contributed by atoms with Crippen LogP contribution < -0.4 is 0 Å². The van der Waals surface area contributed by atoms with E-state index in [4.69, 9.17) is 4.74 Å². The average Bonchev–Trinajstić information content (AvgIpc) is 3.18. The smallest absolute Gasteiger partial charge is 0.254 e. The number of likely N-dealkylation sites (tertiary alicyclic amines) is 1. The lowest BCUT2D eigenvalue weighted by Crippen LogP contribution is -2.40. The van der Waals surface area contributed by atoms with Crippen LogP contribution in [0.5, 0.6) is 0 Å². The third-order valence-electron chi connectivity index (χ3n) is 6.08. The molecule has 0 radical (unpaired) electrons. The zero-order valence-corrected chi connectivity index (χ0v) is 14.6. The predicted octanol–water partition coefficient (Wildman–Crippen LogP) is 2.32. The molecule has 3 saturated heterocycles. The maximum Gasteiger partial charge on any atom is 0.254 e. The Balaban J connectivity index is 1.58. The van der Waals surface area contributed by atoms with Gasteiger partial charge in [-0.2, -0.15) is 0 Å². The second kappa shape index (κ2) is 5.53. The van der Waals surface area contributed by atoms with Gasteiger partial charge in [0.1, 0.15) is 5.82 Å². The molecule has 4 atom stereocenters. The molecular formula is C19H25FN2O2. The monoisotopic (exact) mass is 332 g/mol. The fourth-order valence-corrected chi connectivity index (χ4v) is 5.01. The standard InChI is InChI=1S/C19H25FN2O2/c1-12-4-5-13(20)8-14(12)18(23)22-10-16-15(9-21(2)3)17-6-7-19(16,11-22)24-17/h4-5,8,15-17H,6-7,9-11H2,1-3H3/t15-,16+,17+,19+/m0/s1. The number of benzene rings is 1. The first-order chi connectivity index (χ1) is 11.4. The van der Waals surface area contributed by atoms with Gasteiger partial charge in [-0.25, -0.2) is 4.39 Å². The molecule has 0 N–H and O–H groups in total. The van der Waals surface area contributed by atoms with Crippen molar-refractivity contribution >= 4 is 5.91 Å². The second-order valence-electron chi connectivity index (χ2n) is 7.94. The van der Waals surface area contributed by atoms with Crippen molar-refractivity contribution in [3.05, 3.63) is 35.1 Å². The molecule has 3 aliphatic heterocycles. The minimum absolute atomic E-state index is 0.0635. The second-order valence-corrected chi connectivity index (χ2v) is 7.94. The summed E-state index contributed by atoms with van der Waals surface area (Å²) >= 11 is 0. The zero-order valence-electron chi connectivity index (χ0n) is 14.6. The maximum atomic E-state index is 13.6. The van der Waals surface area contributed by atoms with Crippen molar-refractivity contribution in [2.45, 2.75) is 31.5 Å². The van der Waals surface area contributed by atoms with Crippen LogP contribution in [0.25, 0.3) is 0 Å². The third kappa shape index (κ3) is 2.37. The first kappa shape index (κ1) is 16.0. The molecule has 0 saturated carbocycles. The summed E-state index contributed by atoms with van der Waals surface area (Å²) in [5.74, 6) is 0.465. The Kier molecular flexibility index (Phi) is 3.69. The van der Waals surface area contributed by atoms with Crippen LogP contribution in [0, 0.1) is 24.6 Å². The Bertz CT molecular complexity index is 677. The third-order valence-corrected chi connectivity index (χ3v) is 6.08. The fraction of sp³-hybridized carbons (Fsp3) is 0.632. The van der Waals surface area contributed by atoms with Gasteiger partial charge < -0.3 is 14.5 Å². The summed E-state index contributed by atoms with van der Waals surface area (Å²) in [6.07, 6.45) is 2.47. The van der Waals surface area contributed by atoms with Gasteiger partial charge in [0.25, 0.3) is 5.91 Å². The molecule has 3 heterocycles. The minimum Gasteiger partial charge on any atom is -0.369 e. The molecule has 3 fully saturated rings. The van der Waals surface area contributed by atoms with Gasteiger partial charge in [-0.15, -0.1) is 0 Å². The highest BCUT2D eigenvalue weighted by molar-refractivity contribution is 5.96. The van der Waals surface area contributed by atoms with E-state index in [1.807, 2.05) is 11.8 Å². The van der Waals surface area contributed by atoms with Crippen LogP contribution in [0.2, 0.25) is 0 Å². The highest BCUT2D eigenvalue weighted by Crippen LogP contribution is 2.55. The molecular weight excluding hydrogens is 307 g/mol. The molecule has 1 aromatic rings. The molecule has 4 rings (SSSR count). The topological polar surface area (TPSA) is 32.8 Å². The van der Waals surface area contributed by atoms with Gasteiger partial charge >= 0.3 is 0 Å². The molecule has 0 aliphatic carbocycles. The minimum atomic E-state index is -0.357. The molecule has 4 nitrogen and oxygen atoms in total. The Hall–Kier alpha value is -1.46. The molecule has 2 bridgehead atoms. The Morgan fingerprint density at radius 1 is 1.46 bits per heavy atom. The van der Waals surface area contributed by atoms with E-state index >= 15 is 0 Å². The highest BCUT2D eigenvalue weighted by Gasteiger charge is 2.63. The van der Waals surface area contributed by atoms with Crippen molar-refractivity contribution < 1.29 is 13.9 Å². The predicted molar refractivity (Wildman–Crippen MR) is 89.4 cm³/mol. The van der Waals surface area contributed by atoms with E-state index in [0.29, 0.717) is 30.0 Å². The Labute approximate surface area is 142 Å². The van der Waals surface area contributed by atoms with Gasteiger partial charge in [0.05, 0.1) is 18.2 Å². The number of fused-ring (bicyclic) bond motifs is 1. The molecule has 1 aromatic carbocycles. The highest BCUT2D eigenvalue weighted by atomic mass is 19.1. The Morgan fingerprint density at radius 3 is 3.00 bits per heavy atom. The van der Waals surface area contributed by atoms with Crippen molar-refractivity contribution in [2.75, 3.05) is 33.7 Å². The Morgan fingerprint density at radius 2 is 2.25 bits per heavy atom. The average molecular weight is 332 g/mol. The zero-order chi connectivity index (χ0) is 17.1. The molecule has 0 unspecified atom stereocenters. The van der Waals surface area contributed by atoms with Crippen molar-refractivity contribution in [1.29, 1.82) is 0 Å². The van der Waals surface area contributed by atoms with Crippen LogP contribution in [0.3, 0.4) is 0 Å². The quantitative estimate of drug-likeness (QED) is 0.852. The number of halogens is 1. The molecule has 24 heavy (non-hydrogen) atoms. The van der Waals surface area contributed by atoms with Gasteiger partial charge in [0, 0.05) is 30.5 Å². The van der Waals surface area contributed by atoms with Gasteiger partial charge in [0.15, 0.2) is 0 Å². The van der Waals surface area contributed by atoms with E-state index in [0.717, 1.165) is 31.5 Å². The first-order valence-electron chi connectivity index (χ1n) is 8.77. The van der Waals surface area contributed by atoms with Crippen molar-refractivity contribution in [3.63, 3.8) is 0 Å². The summed E-state index contributed by atoms with van der Waals surface area (Å²) in [6, 6.07) is 4.44. The lowest BCUT2D eigenvalue weighted by molar-refractivity contribution is 0.00255. The first-order valence-corrected chi connectivity index (χ1v) is 8.77. The van der Waals surface area contributed by atoms with Crippen molar-refractivity contribution in [3.8, 4) is 0 Å². The molecule has 130 valence electrons. The maximum absolute atomic E-state index is 13.6. The largest absolute Gasteiger partial charge is 0.369 e. The van der Waals surface area contributed by atoms with E-state index in [9.17, 15) is 9.18 Å². The summed E-state index contributed by atoms with van der Waals surface area (Å²) < 4.78 is 20.0. The number of amides is 1. The van der Waals surface area contributed by atoms with Gasteiger partial charge in [-0.05, 0) is 51.6 Å². The van der Waals surface area contributed by atoms with Crippen LogP contribution in [0.1, 0.15) is 28.8 Å². The van der Waals surface area contributed by atoms with Crippen molar-refractivity contribution in [2.24, 2.45) is 11.8 Å². The molecule has 0 aromatic heterocycles. The van der Waals surface area contributed by atoms with E-state index in [1.165, 1.54) is 12.1 Å². The summed E-state index contributed by atoms with van der Waals surface area (Å²) in [5.41, 5.74) is 1.14. The summed E-state index contributed by atoms with van der Waals surface area (Å²) in [7, 11) is 4.18. The number of carbonyl (C=O) groups excluding carboxylic acids is 1. The number of rotatable bonds is 3. The molecule has 1 amide bonds. The lowest BCUT2D eigenvalue weighted by atomic mass is 9.73. The van der Waals surface area contributed by atoms with Gasteiger partial charge in [-0.3, -0.25) is 4.79 Å².